The highest BCUT2D eigenvalue weighted by Crippen LogP contribution is 2.26. The number of nitrogens with zero attached hydrogens (tertiary/aromatic N) is 3. The van der Waals surface area contributed by atoms with Crippen molar-refractivity contribution >= 4 is 27.5 Å². The van der Waals surface area contributed by atoms with Gasteiger partial charge < -0.3 is 9.64 Å². The highest BCUT2D eigenvalue weighted by Gasteiger charge is 2.30. The minimum atomic E-state index is -3.72. The van der Waals surface area contributed by atoms with Gasteiger partial charge in [0, 0.05) is 24.2 Å². The molecular weight excluding hydrogens is 386 g/mol. The smallest absolute Gasteiger partial charge is 0.338 e. The van der Waals surface area contributed by atoms with Crippen molar-refractivity contribution in [2.45, 2.75) is 11.8 Å². The Morgan fingerprint density at radius 3 is 2.64 bits per heavy atom. The fourth-order valence-electron chi connectivity index (χ4n) is 2.82. The predicted molar refractivity (Wildman–Crippen MR) is 101 cm³/mol. The summed E-state index contributed by atoms with van der Waals surface area (Å²) in [6.45, 7) is 1.76. The number of carbonyl (C=O) groups is 1. The quantitative estimate of drug-likeness (QED) is 0.426. The number of hydrogen-bond donors (Lipinski definition) is 0. The maximum Gasteiger partial charge on any atom is 0.338 e. The topological polar surface area (TPSA) is 119 Å². The van der Waals surface area contributed by atoms with Gasteiger partial charge in [-0.05, 0) is 31.2 Å². The van der Waals surface area contributed by atoms with E-state index in [9.17, 15) is 23.3 Å². The Bertz CT molecular complexity index is 1090. The summed E-state index contributed by atoms with van der Waals surface area (Å²) >= 11 is 0. The van der Waals surface area contributed by atoms with Crippen molar-refractivity contribution in [2.24, 2.45) is 4.40 Å². The number of sulfonamides is 1. The van der Waals surface area contributed by atoms with Crippen LogP contribution in [0.1, 0.15) is 21.5 Å². The number of nitro groups is 1. The molecular formula is C18H17N3O6S. The van der Waals surface area contributed by atoms with Crippen LogP contribution in [0, 0.1) is 17.0 Å². The third kappa shape index (κ3) is 3.72. The molecule has 0 saturated carbocycles. The molecule has 0 N–H and O–H groups in total. The molecule has 0 spiro atoms. The van der Waals surface area contributed by atoms with E-state index in [0.29, 0.717) is 11.1 Å². The van der Waals surface area contributed by atoms with Gasteiger partial charge in [-0.3, -0.25) is 10.1 Å². The summed E-state index contributed by atoms with van der Waals surface area (Å²) in [7, 11) is -2.06. The molecule has 0 fully saturated rings. The second kappa shape index (κ2) is 7.39. The number of nitro benzene ring substituents is 1. The van der Waals surface area contributed by atoms with Crippen molar-refractivity contribution in [3.05, 3.63) is 69.3 Å². The first-order chi connectivity index (χ1) is 13.2. The van der Waals surface area contributed by atoms with E-state index in [1.54, 1.807) is 37.1 Å². The second-order valence-corrected chi connectivity index (χ2v) is 7.77. The van der Waals surface area contributed by atoms with Crippen molar-refractivity contribution in [2.75, 3.05) is 20.2 Å². The SMILES string of the molecule is Cc1cc(C(=O)OCCN(C)C2=NS(=O)(=O)c3ccccc32)ccc1[N+](=O)[O-]. The van der Waals surface area contributed by atoms with Gasteiger partial charge in [-0.25, -0.2) is 4.79 Å². The molecule has 9 nitrogen and oxygen atoms in total. The Morgan fingerprint density at radius 2 is 1.96 bits per heavy atom. The van der Waals surface area contributed by atoms with Gasteiger partial charge in [0.1, 0.15) is 11.5 Å². The number of rotatable bonds is 5. The Hall–Kier alpha value is -3.27. The van der Waals surface area contributed by atoms with Crippen molar-refractivity contribution in [1.29, 1.82) is 0 Å². The number of aryl methyl sites for hydroxylation is 1. The lowest BCUT2D eigenvalue weighted by Crippen LogP contribution is -2.30. The number of hydrogen-bond acceptors (Lipinski definition) is 7. The lowest BCUT2D eigenvalue weighted by atomic mass is 10.1. The molecule has 0 bridgehead atoms. The van der Waals surface area contributed by atoms with Crippen LogP contribution in [0.25, 0.3) is 0 Å². The second-order valence-electron chi connectivity index (χ2n) is 6.20. The summed E-state index contributed by atoms with van der Waals surface area (Å²) in [6, 6.07) is 10.5. The van der Waals surface area contributed by atoms with E-state index in [1.165, 1.54) is 24.3 Å². The average molecular weight is 403 g/mol. The number of benzene rings is 2. The van der Waals surface area contributed by atoms with Crippen LogP contribution in [0.3, 0.4) is 0 Å². The number of amidine groups is 1. The van der Waals surface area contributed by atoms with Crippen LogP contribution in [0.15, 0.2) is 51.8 Å². The summed E-state index contributed by atoms with van der Waals surface area (Å²) in [5.41, 5.74) is 0.994. The van der Waals surface area contributed by atoms with Crippen LogP contribution < -0.4 is 0 Å². The zero-order chi connectivity index (χ0) is 20.5. The maximum absolute atomic E-state index is 12.1. The van der Waals surface area contributed by atoms with Crippen molar-refractivity contribution in [3.8, 4) is 0 Å². The summed E-state index contributed by atoms with van der Waals surface area (Å²) in [4.78, 5) is 24.2. The van der Waals surface area contributed by atoms with Gasteiger partial charge in [0.15, 0.2) is 5.84 Å². The Kier molecular flexibility index (Phi) is 5.14. The summed E-state index contributed by atoms with van der Waals surface area (Å²) < 4.78 is 33.2. The third-order valence-electron chi connectivity index (χ3n) is 4.26. The largest absolute Gasteiger partial charge is 0.460 e. The number of ether oxygens (including phenoxy) is 1. The van der Waals surface area contributed by atoms with Crippen LogP contribution >= 0.6 is 0 Å². The van der Waals surface area contributed by atoms with E-state index in [4.69, 9.17) is 4.74 Å². The highest BCUT2D eigenvalue weighted by molar-refractivity contribution is 7.90. The standard InChI is InChI=1S/C18H17N3O6S/c1-12-11-13(7-8-15(12)21(23)24)18(22)27-10-9-20(2)17-14-5-3-4-6-16(14)28(25,26)19-17/h3-8,11H,9-10H2,1-2H3. The third-order valence-corrected chi connectivity index (χ3v) is 5.59. The fraction of sp³-hybridized carbons (Fsp3) is 0.222. The van der Waals surface area contributed by atoms with E-state index in [2.05, 4.69) is 4.40 Å². The predicted octanol–water partition coefficient (Wildman–Crippen LogP) is 2.14. The molecule has 0 radical (unpaired) electrons. The lowest BCUT2D eigenvalue weighted by Gasteiger charge is -2.18. The number of fused-ring (bicyclic) bond motifs is 1. The molecule has 1 heterocycles. The van der Waals surface area contributed by atoms with Crippen LogP contribution in [-0.4, -0.2) is 50.2 Å². The average Bonchev–Trinajstić information content (AvgIpc) is 2.93. The normalized spacial score (nSPS) is 14.1. The molecule has 0 aromatic heterocycles. The number of likely N-dealkylation sites (N-methyl/N-ethyl adjacent to an activating group) is 1. The van der Waals surface area contributed by atoms with Crippen molar-refractivity contribution in [3.63, 3.8) is 0 Å². The van der Waals surface area contributed by atoms with E-state index in [1.807, 2.05) is 0 Å². The van der Waals surface area contributed by atoms with E-state index in [-0.39, 0.29) is 35.1 Å². The van der Waals surface area contributed by atoms with Gasteiger partial charge in [-0.15, -0.1) is 4.40 Å². The first-order valence-electron chi connectivity index (χ1n) is 8.28. The van der Waals surface area contributed by atoms with Gasteiger partial charge in [0.05, 0.1) is 17.0 Å². The number of carbonyl (C=O) groups excluding carboxylic acids is 1. The molecule has 3 rings (SSSR count). The summed E-state index contributed by atoms with van der Waals surface area (Å²) in [6.07, 6.45) is 0. The zero-order valence-corrected chi connectivity index (χ0v) is 16.0. The highest BCUT2D eigenvalue weighted by atomic mass is 32.2. The molecule has 2 aromatic carbocycles. The van der Waals surface area contributed by atoms with Gasteiger partial charge in [0.2, 0.25) is 0 Å². The van der Waals surface area contributed by atoms with Gasteiger partial charge in [0.25, 0.3) is 15.7 Å². The molecule has 0 unspecified atom stereocenters. The molecule has 0 amide bonds. The van der Waals surface area contributed by atoms with Gasteiger partial charge >= 0.3 is 5.97 Å². The minimum Gasteiger partial charge on any atom is -0.460 e. The van der Waals surface area contributed by atoms with E-state index >= 15 is 0 Å². The van der Waals surface area contributed by atoms with Crippen LogP contribution in [0.5, 0.6) is 0 Å². The van der Waals surface area contributed by atoms with Crippen LogP contribution in [-0.2, 0) is 14.8 Å². The first kappa shape index (κ1) is 19.5. The maximum atomic E-state index is 12.1. The first-order valence-corrected chi connectivity index (χ1v) is 9.72. The van der Waals surface area contributed by atoms with Crippen LogP contribution in [0.4, 0.5) is 5.69 Å². The molecule has 0 saturated heterocycles. The summed E-state index contributed by atoms with van der Waals surface area (Å²) in [5.74, 6) is -0.328. The van der Waals surface area contributed by atoms with Gasteiger partial charge in [-0.2, -0.15) is 8.42 Å². The Balaban J connectivity index is 1.63. The molecule has 146 valence electrons. The molecule has 0 aliphatic carbocycles. The molecule has 0 atom stereocenters. The Morgan fingerprint density at radius 1 is 1.25 bits per heavy atom. The van der Waals surface area contributed by atoms with Crippen molar-refractivity contribution in [1.82, 2.24) is 4.90 Å². The van der Waals surface area contributed by atoms with Crippen molar-refractivity contribution < 1.29 is 22.9 Å². The zero-order valence-electron chi connectivity index (χ0n) is 15.2. The van der Waals surface area contributed by atoms with E-state index in [0.717, 1.165) is 0 Å². The lowest BCUT2D eigenvalue weighted by molar-refractivity contribution is -0.385. The molecule has 1 aliphatic heterocycles. The molecule has 28 heavy (non-hydrogen) atoms. The van der Waals surface area contributed by atoms with E-state index < -0.39 is 20.9 Å². The van der Waals surface area contributed by atoms with Crippen LogP contribution in [0.2, 0.25) is 0 Å². The van der Waals surface area contributed by atoms with Gasteiger partial charge in [-0.1, -0.05) is 12.1 Å². The minimum absolute atomic E-state index is 0.00734. The Labute approximate surface area is 161 Å². The fourth-order valence-corrected chi connectivity index (χ4v) is 4.07. The molecule has 1 aliphatic rings. The summed E-state index contributed by atoms with van der Waals surface area (Å²) in [5, 5.41) is 10.8. The monoisotopic (exact) mass is 403 g/mol. The molecule has 10 heteroatoms. The molecule has 2 aromatic rings. The number of esters is 1.